The molecule has 2 aromatic rings. The zero-order valence-electron chi connectivity index (χ0n) is 9.72. The predicted octanol–water partition coefficient (Wildman–Crippen LogP) is 1.92. The number of hydrogen-bond acceptors (Lipinski definition) is 5. The van der Waals surface area contributed by atoms with Gasteiger partial charge < -0.3 is 10.6 Å². The maximum atomic E-state index is 4.15. The van der Waals surface area contributed by atoms with Gasteiger partial charge in [-0.15, -0.1) is 0 Å². The molecule has 2 heterocycles. The third-order valence-electron chi connectivity index (χ3n) is 2.22. The molecule has 0 aliphatic heterocycles. The molecule has 0 spiro atoms. The third kappa shape index (κ3) is 3.41. The molecule has 0 aliphatic rings. The maximum absolute atomic E-state index is 4.15. The van der Waals surface area contributed by atoms with E-state index < -0.39 is 0 Å². The summed E-state index contributed by atoms with van der Waals surface area (Å²) in [5.74, 6) is 0. The molecule has 0 saturated carbocycles. The topological polar surface area (TPSA) is 62.7 Å². The number of anilines is 2. The van der Waals surface area contributed by atoms with Gasteiger partial charge in [-0.3, -0.25) is 4.98 Å². The van der Waals surface area contributed by atoms with Crippen LogP contribution in [0.15, 0.2) is 36.8 Å². The van der Waals surface area contributed by atoms with Crippen molar-refractivity contribution in [3.63, 3.8) is 0 Å². The number of rotatable bonds is 5. The summed E-state index contributed by atoms with van der Waals surface area (Å²) in [6.07, 6.45) is 5.26. The van der Waals surface area contributed by atoms with Crippen molar-refractivity contribution in [3.05, 3.63) is 42.5 Å². The second kappa shape index (κ2) is 5.79. The van der Waals surface area contributed by atoms with Gasteiger partial charge in [0.2, 0.25) is 0 Å². The first-order chi connectivity index (χ1) is 8.38. The number of aromatic nitrogens is 3. The van der Waals surface area contributed by atoms with Crippen LogP contribution >= 0.6 is 0 Å². The fourth-order valence-electron chi connectivity index (χ4n) is 1.46. The van der Waals surface area contributed by atoms with Crippen LogP contribution in [-0.4, -0.2) is 21.7 Å². The van der Waals surface area contributed by atoms with Crippen molar-refractivity contribution >= 4 is 11.4 Å². The minimum Gasteiger partial charge on any atom is -0.384 e. The van der Waals surface area contributed by atoms with E-state index in [1.807, 2.05) is 18.2 Å². The molecule has 2 N–H and O–H groups in total. The fraction of sp³-hybridized carbons (Fsp3) is 0.250. The van der Waals surface area contributed by atoms with Gasteiger partial charge >= 0.3 is 0 Å². The van der Waals surface area contributed by atoms with Crippen molar-refractivity contribution in [1.29, 1.82) is 0 Å². The molecule has 0 amide bonds. The summed E-state index contributed by atoms with van der Waals surface area (Å²) in [6.45, 7) is 3.58. The first kappa shape index (κ1) is 11.3. The Bertz CT molecular complexity index is 457. The molecular formula is C12H15N5. The van der Waals surface area contributed by atoms with Crippen LogP contribution in [0.5, 0.6) is 0 Å². The maximum Gasteiger partial charge on any atom is 0.0821 e. The number of pyridine rings is 1. The SMILES string of the molecule is CCNc1cncc(NCc2cccnn2)c1. The lowest BCUT2D eigenvalue weighted by Crippen LogP contribution is -2.03. The van der Waals surface area contributed by atoms with Gasteiger partial charge in [-0.05, 0) is 25.1 Å². The first-order valence-electron chi connectivity index (χ1n) is 5.58. The average molecular weight is 229 g/mol. The van der Waals surface area contributed by atoms with Crippen molar-refractivity contribution in [2.24, 2.45) is 0 Å². The molecule has 17 heavy (non-hydrogen) atoms. The Morgan fingerprint density at radius 3 is 2.71 bits per heavy atom. The van der Waals surface area contributed by atoms with Gasteiger partial charge in [0, 0.05) is 12.7 Å². The standard InChI is InChI=1S/C12H15N5/c1-2-14-11-6-12(8-13-7-11)15-9-10-4-3-5-16-17-10/h3-8,14-15H,2,9H2,1H3. The Kier molecular flexibility index (Phi) is 3.85. The molecule has 2 aromatic heterocycles. The molecule has 0 radical (unpaired) electrons. The zero-order valence-corrected chi connectivity index (χ0v) is 9.72. The first-order valence-corrected chi connectivity index (χ1v) is 5.58. The third-order valence-corrected chi connectivity index (χ3v) is 2.22. The number of nitrogens with zero attached hydrogens (tertiary/aromatic N) is 3. The van der Waals surface area contributed by atoms with Gasteiger partial charge in [-0.1, -0.05) is 0 Å². The monoisotopic (exact) mass is 229 g/mol. The van der Waals surface area contributed by atoms with Gasteiger partial charge in [0.1, 0.15) is 0 Å². The van der Waals surface area contributed by atoms with Crippen LogP contribution in [0.1, 0.15) is 12.6 Å². The van der Waals surface area contributed by atoms with E-state index >= 15 is 0 Å². The van der Waals surface area contributed by atoms with Crippen molar-refractivity contribution < 1.29 is 0 Å². The summed E-state index contributed by atoms with van der Waals surface area (Å²) < 4.78 is 0. The zero-order chi connectivity index (χ0) is 11.9. The van der Waals surface area contributed by atoms with E-state index in [1.165, 1.54) is 0 Å². The molecule has 88 valence electrons. The summed E-state index contributed by atoms with van der Waals surface area (Å²) in [4.78, 5) is 4.15. The molecule has 0 aliphatic carbocycles. The Hall–Kier alpha value is -2.17. The molecule has 0 bridgehead atoms. The van der Waals surface area contributed by atoms with E-state index in [0.29, 0.717) is 6.54 Å². The molecule has 0 saturated heterocycles. The van der Waals surface area contributed by atoms with E-state index in [1.54, 1.807) is 18.6 Å². The van der Waals surface area contributed by atoms with E-state index in [0.717, 1.165) is 23.6 Å². The lowest BCUT2D eigenvalue weighted by Gasteiger charge is -2.07. The Labute approximate surface area is 100 Å². The minimum atomic E-state index is 0.644. The van der Waals surface area contributed by atoms with Gasteiger partial charge in [0.05, 0.1) is 36.0 Å². The fourth-order valence-corrected chi connectivity index (χ4v) is 1.46. The van der Waals surface area contributed by atoms with E-state index in [-0.39, 0.29) is 0 Å². The summed E-state index contributed by atoms with van der Waals surface area (Å²) in [5.41, 5.74) is 2.88. The Morgan fingerprint density at radius 2 is 2.00 bits per heavy atom. The summed E-state index contributed by atoms with van der Waals surface area (Å²) in [7, 11) is 0. The second-order valence-electron chi connectivity index (χ2n) is 3.56. The Morgan fingerprint density at radius 1 is 1.18 bits per heavy atom. The summed E-state index contributed by atoms with van der Waals surface area (Å²) in [5, 5.41) is 14.3. The van der Waals surface area contributed by atoms with E-state index in [2.05, 4.69) is 32.7 Å². The van der Waals surface area contributed by atoms with Gasteiger partial charge in [-0.2, -0.15) is 10.2 Å². The van der Waals surface area contributed by atoms with Gasteiger partial charge in [-0.25, -0.2) is 0 Å². The molecule has 0 aromatic carbocycles. The van der Waals surface area contributed by atoms with Crippen LogP contribution in [0.4, 0.5) is 11.4 Å². The summed E-state index contributed by atoms with van der Waals surface area (Å²) >= 11 is 0. The lowest BCUT2D eigenvalue weighted by atomic mass is 10.3. The average Bonchev–Trinajstić information content (AvgIpc) is 2.39. The quantitative estimate of drug-likeness (QED) is 0.820. The van der Waals surface area contributed by atoms with Crippen molar-refractivity contribution in [2.75, 3.05) is 17.2 Å². The highest BCUT2D eigenvalue weighted by Crippen LogP contribution is 2.13. The van der Waals surface area contributed by atoms with Crippen molar-refractivity contribution in [1.82, 2.24) is 15.2 Å². The highest BCUT2D eigenvalue weighted by molar-refractivity contribution is 5.53. The molecule has 2 rings (SSSR count). The molecule has 0 atom stereocenters. The van der Waals surface area contributed by atoms with Crippen LogP contribution in [0.25, 0.3) is 0 Å². The molecule has 0 unspecified atom stereocenters. The predicted molar refractivity (Wildman–Crippen MR) is 67.8 cm³/mol. The van der Waals surface area contributed by atoms with E-state index in [9.17, 15) is 0 Å². The van der Waals surface area contributed by atoms with Gasteiger partial charge in [0.15, 0.2) is 0 Å². The largest absolute Gasteiger partial charge is 0.384 e. The normalized spacial score (nSPS) is 9.94. The van der Waals surface area contributed by atoms with Crippen LogP contribution in [0.3, 0.4) is 0 Å². The number of hydrogen-bond donors (Lipinski definition) is 2. The Balaban J connectivity index is 1.97. The number of nitrogens with one attached hydrogen (secondary N) is 2. The van der Waals surface area contributed by atoms with E-state index in [4.69, 9.17) is 0 Å². The van der Waals surface area contributed by atoms with Crippen LogP contribution < -0.4 is 10.6 Å². The highest BCUT2D eigenvalue weighted by atomic mass is 15.1. The van der Waals surface area contributed by atoms with Crippen molar-refractivity contribution in [2.45, 2.75) is 13.5 Å². The molecule has 0 fully saturated rings. The molecular weight excluding hydrogens is 214 g/mol. The van der Waals surface area contributed by atoms with Crippen LogP contribution in [0.2, 0.25) is 0 Å². The minimum absolute atomic E-state index is 0.644. The van der Waals surface area contributed by atoms with Crippen LogP contribution in [-0.2, 0) is 6.54 Å². The van der Waals surface area contributed by atoms with Gasteiger partial charge in [0.25, 0.3) is 0 Å². The van der Waals surface area contributed by atoms with Crippen molar-refractivity contribution in [3.8, 4) is 0 Å². The molecule has 5 nitrogen and oxygen atoms in total. The highest BCUT2D eigenvalue weighted by Gasteiger charge is 1.97. The summed E-state index contributed by atoms with van der Waals surface area (Å²) in [6, 6.07) is 5.83. The van der Waals surface area contributed by atoms with Crippen LogP contribution in [0, 0.1) is 0 Å². The lowest BCUT2D eigenvalue weighted by molar-refractivity contribution is 0.924. The second-order valence-corrected chi connectivity index (χ2v) is 3.56. The smallest absolute Gasteiger partial charge is 0.0821 e. The molecule has 5 heteroatoms.